The molecule has 0 aromatic heterocycles. The molecule has 0 fully saturated rings. The van der Waals surface area contributed by atoms with E-state index in [2.05, 4.69) is 6.58 Å². The van der Waals surface area contributed by atoms with Crippen LogP contribution in [0.5, 0.6) is 0 Å². The number of thioether (sulfide) groups is 1. The van der Waals surface area contributed by atoms with Crippen LogP contribution in [0.3, 0.4) is 0 Å². The normalized spacial score (nSPS) is 12.5. The van der Waals surface area contributed by atoms with E-state index in [0.717, 1.165) is 0 Å². The minimum atomic E-state index is -0.0983. The summed E-state index contributed by atoms with van der Waals surface area (Å²) in [6.45, 7) is 6.01. The number of hydrogen-bond donors (Lipinski definition) is 0. The van der Waals surface area contributed by atoms with Crippen molar-refractivity contribution in [3.8, 4) is 0 Å². The summed E-state index contributed by atoms with van der Waals surface area (Å²) in [5.74, 6) is 0.605. The highest BCUT2D eigenvalue weighted by Crippen LogP contribution is 2.08. The summed E-state index contributed by atoms with van der Waals surface area (Å²) in [7, 11) is 0. The smallest absolute Gasteiger partial charge is 0.185 e. The van der Waals surface area contributed by atoms with Gasteiger partial charge >= 0.3 is 0 Å². The molecule has 0 saturated heterocycles. The molecule has 0 heterocycles. The van der Waals surface area contributed by atoms with Gasteiger partial charge in [0.15, 0.2) is 5.12 Å². The number of rotatable bonds is 6. The first-order valence-electron chi connectivity index (χ1n) is 3.63. The molecule has 0 aliphatic heterocycles. The number of carbonyl (C=O) groups excluding carboxylic acids is 1. The van der Waals surface area contributed by atoms with Crippen molar-refractivity contribution >= 4 is 28.5 Å². The standard InChI is InChI=1S/C8H13ClO2S/c1-3-4-11-5-8(9)6-12-7(2)10/h3,8H,1,4-6H2,2H3. The van der Waals surface area contributed by atoms with E-state index in [9.17, 15) is 4.79 Å². The molecular weight excluding hydrogens is 196 g/mol. The molecule has 0 aliphatic carbocycles. The summed E-state index contributed by atoms with van der Waals surface area (Å²) in [5.41, 5.74) is 0. The average Bonchev–Trinajstić information content (AvgIpc) is 2.01. The van der Waals surface area contributed by atoms with Crippen LogP contribution in [0.25, 0.3) is 0 Å². The van der Waals surface area contributed by atoms with Crippen molar-refractivity contribution in [1.82, 2.24) is 0 Å². The monoisotopic (exact) mass is 208 g/mol. The first-order valence-corrected chi connectivity index (χ1v) is 5.05. The minimum absolute atomic E-state index is 0.0874. The van der Waals surface area contributed by atoms with Gasteiger partial charge in [-0.05, 0) is 0 Å². The fourth-order valence-corrected chi connectivity index (χ4v) is 1.32. The van der Waals surface area contributed by atoms with Gasteiger partial charge < -0.3 is 4.74 Å². The SMILES string of the molecule is C=CCOCC(Cl)CSC(C)=O. The Balaban J connectivity index is 3.26. The average molecular weight is 209 g/mol. The Morgan fingerprint density at radius 1 is 1.83 bits per heavy atom. The van der Waals surface area contributed by atoms with Gasteiger partial charge in [0.1, 0.15) is 0 Å². The summed E-state index contributed by atoms with van der Waals surface area (Å²) in [5, 5.41) is -0.0109. The lowest BCUT2D eigenvalue weighted by Crippen LogP contribution is -2.12. The molecule has 0 bridgehead atoms. The van der Waals surface area contributed by atoms with Crippen molar-refractivity contribution < 1.29 is 9.53 Å². The maximum Gasteiger partial charge on any atom is 0.185 e. The van der Waals surface area contributed by atoms with Gasteiger partial charge in [0.25, 0.3) is 0 Å². The van der Waals surface area contributed by atoms with Crippen LogP contribution in [0, 0.1) is 0 Å². The fraction of sp³-hybridized carbons (Fsp3) is 0.625. The Morgan fingerprint density at radius 3 is 3.00 bits per heavy atom. The largest absolute Gasteiger partial charge is 0.376 e. The van der Waals surface area contributed by atoms with Crippen LogP contribution < -0.4 is 0 Å². The molecule has 0 spiro atoms. The lowest BCUT2D eigenvalue weighted by molar-refractivity contribution is -0.109. The van der Waals surface area contributed by atoms with Crippen LogP contribution in [0.2, 0.25) is 0 Å². The number of ether oxygens (including phenoxy) is 1. The lowest BCUT2D eigenvalue weighted by atomic mass is 10.5. The van der Waals surface area contributed by atoms with Crippen LogP contribution in [-0.4, -0.2) is 29.5 Å². The second kappa shape index (κ2) is 7.65. The highest BCUT2D eigenvalue weighted by molar-refractivity contribution is 8.13. The third-order valence-corrected chi connectivity index (χ3v) is 2.44. The quantitative estimate of drug-likeness (QED) is 0.380. The molecule has 0 amide bonds. The zero-order valence-corrected chi connectivity index (χ0v) is 8.66. The van der Waals surface area contributed by atoms with Crippen molar-refractivity contribution in [2.24, 2.45) is 0 Å². The highest BCUT2D eigenvalue weighted by Gasteiger charge is 2.05. The fourth-order valence-electron chi connectivity index (χ4n) is 0.535. The van der Waals surface area contributed by atoms with E-state index >= 15 is 0 Å². The lowest BCUT2D eigenvalue weighted by Gasteiger charge is -2.06. The number of alkyl halides is 1. The Labute approximate surface area is 82.3 Å². The van der Waals surface area contributed by atoms with E-state index < -0.39 is 0 Å². The topological polar surface area (TPSA) is 26.3 Å². The highest BCUT2D eigenvalue weighted by atomic mass is 35.5. The first kappa shape index (κ1) is 12.0. The van der Waals surface area contributed by atoms with E-state index in [4.69, 9.17) is 16.3 Å². The van der Waals surface area contributed by atoms with Crippen LogP contribution in [0.1, 0.15) is 6.92 Å². The Bertz CT molecular complexity index is 150. The van der Waals surface area contributed by atoms with Crippen molar-refractivity contribution in [2.75, 3.05) is 19.0 Å². The van der Waals surface area contributed by atoms with Gasteiger partial charge in [0, 0.05) is 12.7 Å². The van der Waals surface area contributed by atoms with Gasteiger partial charge in [-0.3, -0.25) is 4.79 Å². The summed E-state index contributed by atoms with van der Waals surface area (Å²) >= 11 is 7.05. The predicted molar refractivity (Wildman–Crippen MR) is 53.8 cm³/mol. The summed E-state index contributed by atoms with van der Waals surface area (Å²) < 4.78 is 5.10. The minimum Gasteiger partial charge on any atom is -0.376 e. The molecule has 0 aromatic carbocycles. The molecule has 0 aliphatic rings. The molecule has 0 radical (unpaired) electrons. The van der Waals surface area contributed by atoms with E-state index in [1.165, 1.54) is 18.7 Å². The van der Waals surface area contributed by atoms with Gasteiger partial charge in [-0.2, -0.15) is 0 Å². The maximum atomic E-state index is 10.5. The van der Waals surface area contributed by atoms with Crippen molar-refractivity contribution in [1.29, 1.82) is 0 Å². The third kappa shape index (κ3) is 8.11. The molecule has 1 atom stereocenters. The van der Waals surface area contributed by atoms with Crippen LogP contribution in [0.15, 0.2) is 12.7 Å². The molecule has 0 N–H and O–H groups in total. The van der Waals surface area contributed by atoms with Gasteiger partial charge in [0.05, 0.1) is 18.6 Å². The predicted octanol–water partition coefficient (Wildman–Crippen LogP) is 2.08. The van der Waals surface area contributed by atoms with E-state index in [1.54, 1.807) is 6.08 Å². The molecular formula is C8H13ClO2S. The van der Waals surface area contributed by atoms with Gasteiger partial charge in [-0.1, -0.05) is 17.8 Å². The van der Waals surface area contributed by atoms with E-state index in [0.29, 0.717) is 19.0 Å². The van der Waals surface area contributed by atoms with Crippen molar-refractivity contribution in [2.45, 2.75) is 12.3 Å². The summed E-state index contributed by atoms with van der Waals surface area (Å²) in [6.07, 6.45) is 1.67. The molecule has 4 heteroatoms. The van der Waals surface area contributed by atoms with Crippen LogP contribution >= 0.6 is 23.4 Å². The van der Waals surface area contributed by atoms with Gasteiger partial charge in [-0.15, -0.1) is 18.2 Å². The zero-order valence-electron chi connectivity index (χ0n) is 7.09. The Hall–Kier alpha value is 0.01000. The van der Waals surface area contributed by atoms with Crippen molar-refractivity contribution in [3.05, 3.63) is 12.7 Å². The summed E-state index contributed by atoms with van der Waals surface area (Å²) in [6, 6.07) is 0. The van der Waals surface area contributed by atoms with Gasteiger partial charge in [0.2, 0.25) is 0 Å². The Kier molecular flexibility index (Phi) is 7.65. The van der Waals surface area contributed by atoms with E-state index in [-0.39, 0.29) is 10.5 Å². The van der Waals surface area contributed by atoms with Gasteiger partial charge in [-0.25, -0.2) is 0 Å². The molecule has 12 heavy (non-hydrogen) atoms. The van der Waals surface area contributed by atoms with Crippen LogP contribution in [-0.2, 0) is 9.53 Å². The number of carbonyl (C=O) groups is 1. The molecule has 0 aromatic rings. The first-order chi connectivity index (χ1) is 5.66. The molecule has 1 unspecified atom stereocenters. The molecule has 70 valence electrons. The summed E-state index contributed by atoms with van der Waals surface area (Å²) in [4.78, 5) is 10.5. The van der Waals surface area contributed by atoms with Crippen LogP contribution in [0.4, 0.5) is 0 Å². The number of halogens is 1. The second-order valence-electron chi connectivity index (χ2n) is 2.23. The van der Waals surface area contributed by atoms with E-state index in [1.807, 2.05) is 0 Å². The maximum absolute atomic E-state index is 10.5. The molecule has 0 rings (SSSR count). The second-order valence-corrected chi connectivity index (χ2v) is 4.04. The Morgan fingerprint density at radius 2 is 2.50 bits per heavy atom. The molecule has 2 nitrogen and oxygen atoms in total. The zero-order chi connectivity index (χ0) is 9.40. The molecule has 0 saturated carbocycles. The third-order valence-electron chi connectivity index (χ3n) is 1.00. The van der Waals surface area contributed by atoms with Crippen molar-refractivity contribution in [3.63, 3.8) is 0 Å². The number of hydrogen-bond acceptors (Lipinski definition) is 3.